The highest BCUT2D eigenvalue weighted by Gasteiger charge is 2.50. The van der Waals surface area contributed by atoms with Crippen LogP contribution in [0.5, 0.6) is 0 Å². The number of nitrogens with zero attached hydrogens (tertiary/aromatic N) is 2. The zero-order valence-corrected chi connectivity index (χ0v) is 23.2. The quantitative estimate of drug-likeness (QED) is 0.399. The number of benzene rings is 2. The number of likely N-dealkylation sites (tertiary alicyclic amines) is 1. The van der Waals surface area contributed by atoms with Crippen LogP contribution in [0.15, 0.2) is 49.0 Å². The SMILES string of the molecule is C=Cc1cc(N(C)C)ccc1-c1ccc([C@]2(O)C[C@@H](C(=O)OC)N(C(=O)OCC[Si](C)(C)C)C2)cc1. The van der Waals surface area contributed by atoms with E-state index in [1.54, 1.807) is 0 Å². The second-order valence-corrected chi connectivity index (χ2v) is 16.4. The van der Waals surface area contributed by atoms with Crippen LogP contribution in [0.2, 0.25) is 25.7 Å². The number of aliphatic hydroxyl groups is 1. The normalized spacial score (nSPS) is 19.6. The Morgan fingerprint density at radius 3 is 2.42 bits per heavy atom. The van der Waals surface area contributed by atoms with Gasteiger partial charge in [-0.1, -0.05) is 62.6 Å². The summed E-state index contributed by atoms with van der Waals surface area (Å²) in [6.45, 7) is 10.8. The molecule has 0 aromatic heterocycles. The van der Waals surface area contributed by atoms with Gasteiger partial charge in [-0.2, -0.15) is 0 Å². The lowest BCUT2D eigenvalue weighted by atomic mass is 9.89. The third-order valence-corrected chi connectivity index (χ3v) is 8.33. The lowest BCUT2D eigenvalue weighted by molar-refractivity contribution is -0.145. The zero-order chi connectivity index (χ0) is 26.7. The average Bonchev–Trinajstić information content (AvgIpc) is 3.21. The first-order valence-electron chi connectivity index (χ1n) is 12.2. The van der Waals surface area contributed by atoms with E-state index in [0.29, 0.717) is 12.2 Å². The van der Waals surface area contributed by atoms with Crippen LogP contribution in [0.1, 0.15) is 17.5 Å². The van der Waals surface area contributed by atoms with Gasteiger partial charge in [0, 0.05) is 34.3 Å². The first-order chi connectivity index (χ1) is 16.9. The number of anilines is 1. The summed E-state index contributed by atoms with van der Waals surface area (Å²) in [4.78, 5) is 28.7. The van der Waals surface area contributed by atoms with E-state index in [1.165, 1.54) is 12.0 Å². The molecule has 0 unspecified atom stereocenters. The van der Waals surface area contributed by atoms with Gasteiger partial charge in [0.1, 0.15) is 11.6 Å². The van der Waals surface area contributed by atoms with Gasteiger partial charge in [-0.3, -0.25) is 4.90 Å². The number of ether oxygens (including phenoxy) is 2. The fraction of sp³-hybridized carbons (Fsp3) is 0.429. The molecule has 2 atom stereocenters. The van der Waals surface area contributed by atoms with E-state index in [2.05, 4.69) is 38.4 Å². The van der Waals surface area contributed by atoms with E-state index in [1.807, 2.05) is 55.4 Å². The minimum Gasteiger partial charge on any atom is -0.467 e. The fourth-order valence-electron chi connectivity index (χ4n) is 4.38. The summed E-state index contributed by atoms with van der Waals surface area (Å²) in [5.41, 5.74) is 3.32. The molecule has 0 spiro atoms. The predicted molar refractivity (Wildman–Crippen MR) is 147 cm³/mol. The maximum atomic E-state index is 12.9. The number of carbonyl (C=O) groups is 2. The number of hydrogen-bond donors (Lipinski definition) is 1. The van der Waals surface area contributed by atoms with E-state index in [4.69, 9.17) is 9.47 Å². The standard InChI is InChI=1S/C28H38N2O5Si/c1-8-20-17-23(29(2)3)13-14-24(20)21-9-11-22(12-10-21)28(33)18-25(26(31)34-4)30(19-28)27(32)35-15-16-36(5,6)7/h8-14,17,25,33H,1,15-16,18-19H2,2-7H3/t25-,28-/m0/s1. The summed E-state index contributed by atoms with van der Waals surface area (Å²) in [5, 5.41) is 11.5. The molecular formula is C28H38N2O5Si. The molecule has 2 aromatic rings. The van der Waals surface area contributed by atoms with Gasteiger partial charge in [-0.25, -0.2) is 9.59 Å². The van der Waals surface area contributed by atoms with Crippen LogP contribution in [-0.2, 0) is 19.9 Å². The summed E-state index contributed by atoms with van der Waals surface area (Å²) < 4.78 is 10.4. The van der Waals surface area contributed by atoms with Gasteiger partial charge in [0.15, 0.2) is 0 Å². The Morgan fingerprint density at radius 1 is 1.19 bits per heavy atom. The third kappa shape index (κ3) is 6.17. The van der Waals surface area contributed by atoms with Crippen molar-refractivity contribution in [3.8, 4) is 11.1 Å². The van der Waals surface area contributed by atoms with Crippen molar-refractivity contribution in [3.05, 3.63) is 60.2 Å². The molecule has 1 fully saturated rings. The molecular weight excluding hydrogens is 472 g/mol. The highest BCUT2D eigenvalue weighted by molar-refractivity contribution is 6.76. The van der Waals surface area contributed by atoms with Crippen molar-refractivity contribution in [2.75, 3.05) is 39.3 Å². The number of hydrogen-bond acceptors (Lipinski definition) is 6. The Labute approximate surface area is 215 Å². The Balaban J connectivity index is 1.83. The van der Waals surface area contributed by atoms with E-state index < -0.39 is 31.8 Å². The number of carbonyl (C=O) groups excluding carboxylic acids is 2. The molecule has 1 heterocycles. The maximum absolute atomic E-state index is 12.9. The van der Waals surface area contributed by atoms with Crippen LogP contribution < -0.4 is 4.90 Å². The van der Waals surface area contributed by atoms with E-state index in [-0.39, 0.29) is 13.0 Å². The molecule has 194 valence electrons. The zero-order valence-electron chi connectivity index (χ0n) is 22.2. The smallest absolute Gasteiger partial charge is 0.410 e. The molecule has 0 radical (unpaired) electrons. The Kier molecular flexibility index (Phi) is 8.31. The number of esters is 1. The van der Waals surface area contributed by atoms with Crippen molar-refractivity contribution in [2.24, 2.45) is 0 Å². The minimum atomic E-state index is -1.40. The van der Waals surface area contributed by atoms with Gasteiger partial charge >= 0.3 is 12.1 Å². The number of methoxy groups -OCH3 is 1. The molecule has 1 saturated heterocycles. The average molecular weight is 511 g/mol. The number of amides is 1. The van der Waals surface area contributed by atoms with E-state index in [9.17, 15) is 14.7 Å². The first-order valence-corrected chi connectivity index (χ1v) is 15.9. The van der Waals surface area contributed by atoms with Gasteiger partial charge in [-0.05, 0) is 40.4 Å². The molecule has 7 nitrogen and oxygen atoms in total. The summed E-state index contributed by atoms with van der Waals surface area (Å²) >= 11 is 0. The molecule has 8 heteroatoms. The Morgan fingerprint density at radius 2 is 1.86 bits per heavy atom. The van der Waals surface area contributed by atoms with E-state index in [0.717, 1.165) is 28.4 Å². The van der Waals surface area contributed by atoms with Gasteiger partial charge in [0.25, 0.3) is 0 Å². The maximum Gasteiger partial charge on any atom is 0.410 e. The molecule has 1 amide bonds. The Bertz CT molecular complexity index is 1110. The van der Waals surface area contributed by atoms with Gasteiger partial charge in [0.2, 0.25) is 0 Å². The van der Waals surface area contributed by atoms with Crippen LogP contribution in [-0.4, -0.2) is 70.5 Å². The first kappa shape index (κ1) is 27.5. The highest BCUT2D eigenvalue weighted by Crippen LogP contribution is 2.38. The van der Waals surface area contributed by atoms with Gasteiger partial charge < -0.3 is 19.5 Å². The summed E-state index contributed by atoms with van der Waals surface area (Å²) in [6, 6.07) is 13.7. The molecule has 0 aliphatic carbocycles. The topological polar surface area (TPSA) is 79.3 Å². The van der Waals surface area contributed by atoms with Gasteiger partial charge in [-0.15, -0.1) is 0 Å². The third-order valence-electron chi connectivity index (χ3n) is 6.63. The molecule has 0 bridgehead atoms. The van der Waals surface area contributed by atoms with Crippen LogP contribution in [0.25, 0.3) is 17.2 Å². The largest absolute Gasteiger partial charge is 0.467 e. The number of β-amino-alcohol motifs (C(OH)–C–C–N with tert-alkyl or cyclic N) is 1. The second-order valence-electron chi connectivity index (χ2n) is 10.8. The predicted octanol–water partition coefficient (Wildman–Crippen LogP) is 4.97. The van der Waals surface area contributed by atoms with Gasteiger partial charge in [0.05, 0.1) is 20.3 Å². The summed E-state index contributed by atoms with van der Waals surface area (Å²) in [7, 11) is 3.88. The van der Waals surface area contributed by atoms with Crippen molar-refractivity contribution in [1.29, 1.82) is 0 Å². The number of rotatable bonds is 8. The van der Waals surface area contributed by atoms with Crippen molar-refractivity contribution in [2.45, 2.75) is 43.7 Å². The second kappa shape index (κ2) is 10.9. The minimum absolute atomic E-state index is 0.0393. The molecule has 1 aliphatic heterocycles. The van der Waals surface area contributed by atoms with E-state index >= 15 is 0 Å². The van der Waals surface area contributed by atoms with Crippen molar-refractivity contribution in [3.63, 3.8) is 0 Å². The molecule has 36 heavy (non-hydrogen) atoms. The van der Waals surface area contributed by atoms with Crippen LogP contribution in [0.3, 0.4) is 0 Å². The van der Waals surface area contributed by atoms with Crippen molar-refractivity contribution in [1.82, 2.24) is 4.90 Å². The van der Waals surface area contributed by atoms with Crippen LogP contribution >= 0.6 is 0 Å². The van der Waals surface area contributed by atoms with Crippen molar-refractivity contribution >= 4 is 31.9 Å². The Hall–Kier alpha value is -3.10. The molecule has 1 N–H and O–H groups in total. The lowest BCUT2D eigenvalue weighted by Gasteiger charge is -2.25. The summed E-state index contributed by atoms with van der Waals surface area (Å²) in [5.74, 6) is -0.568. The van der Waals surface area contributed by atoms with Crippen LogP contribution in [0.4, 0.5) is 10.5 Å². The fourth-order valence-corrected chi connectivity index (χ4v) is 5.10. The monoisotopic (exact) mass is 510 g/mol. The molecule has 1 aliphatic rings. The summed E-state index contributed by atoms with van der Waals surface area (Å²) in [6.07, 6.45) is 1.26. The molecule has 3 rings (SSSR count). The van der Waals surface area contributed by atoms with Crippen LogP contribution in [0, 0.1) is 0 Å². The molecule has 0 saturated carbocycles. The highest BCUT2D eigenvalue weighted by atomic mass is 28.3. The lowest BCUT2D eigenvalue weighted by Crippen LogP contribution is -2.42. The van der Waals surface area contributed by atoms with Crippen molar-refractivity contribution < 1.29 is 24.2 Å². The molecule has 2 aromatic carbocycles.